The van der Waals surface area contributed by atoms with Gasteiger partial charge in [-0.3, -0.25) is 4.68 Å². The number of hydrogen-bond acceptors (Lipinski definition) is 1. The van der Waals surface area contributed by atoms with E-state index in [2.05, 4.69) is 25.9 Å². The van der Waals surface area contributed by atoms with Crippen LogP contribution >= 0.6 is 0 Å². The number of aromatic nitrogens is 2. The molecular weight excluding hydrogens is 167 g/mol. The van der Waals surface area contributed by atoms with Crippen LogP contribution in [0.25, 0.3) is 0 Å². The van der Waals surface area contributed by atoms with Crippen molar-refractivity contribution in [2.45, 2.75) is 46.3 Å². The molecule has 0 aliphatic carbocycles. The quantitative estimate of drug-likeness (QED) is 0.656. The number of halogens is 1. The maximum Gasteiger partial charge on any atom is 0.141 e. The van der Waals surface area contributed by atoms with Gasteiger partial charge in [-0.2, -0.15) is 5.10 Å². The third-order valence-electron chi connectivity index (χ3n) is 1.95. The molecule has 1 aromatic rings. The van der Waals surface area contributed by atoms with E-state index >= 15 is 0 Å². The van der Waals surface area contributed by atoms with Crippen molar-refractivity contribution in [2.75, 3.05) is 0 Å². The lowest BCUT2D eigenvalue weighted by Gasteiger charge is -2.21. The summed E-state index contributed by atoms with van der Waals surface area (Å²) in [7, 11) is 0. The van der Waals surface area contributed by atoms with Crippen LogP contribution < -0.4 is 0 Å². The van der Waals surface area contributed by atoms with E-state index in [4.69, 9.17) is 0 Å². The van der Waals surface area contributed by atoms with Crippen molar-refractivity contribution in [3.05, 3.63) is 17.5 Å². The topological polar surface area (TPSA) is 17.8 Å². The van der Waals surface area contributed by atoms with Gasteiger partial charge in [-0.15, -0.1) is 0 Å². The number of aryl methyl sites for hydroxylation is 1. The van der Waals surface area contributed by atoms with Gasteiger partial charge in [0.2, 0.25) is 0 Å². The average Bonchev–Trinajstić information content (AvgIpc) is 2.29. The number of alkyl halides is 1. The molecule has 1 aromatic heterocycles. The van der Waals surface area contributed by atoms with Crippen LogP contribution in [-0.2, 0) is 5.54 Å². The lowest BCUT2D eigenvalue weighted by Crippen LogP contribution is -2.24. The molecule has 0 saturated carbocycles. The molecule has 0 aromatic carbocycles. The summed E-state index contributed by atoms with van der Waals surface area (Å²) in [4.78, 5) is 0. The Morgan fingerprint density at radius 2 is 2.00 bits per heavy atom. The summed E-state index contributed by atoms with van der Waals surface area (Å²) in [5.74, 6) is 0. The van der Waals surface area contributed by atoms with Crippen LogP contribution in [0, 0.1) is 6.92 Å². The first-order valence-corrected chi connectivity index (χ1v) is 4.53. The van der Waals surface area contributed by atoms with Crippen LogP contribution in [0.15, 0.2) is 6.07 Å². The third-order valence-corrected chi connectivity index (χ3v) is 1.95. The monoisotopic (exact) mass is 184 g/mol. The second-order valence-electron chi connectivity index (χ2n) is 4.41. The van der Waals surface area contributed by atoms with Crippen molar-refractivity contribution in [3.8, 4) is 0 Å². The molecule has 1 atom stereocenters. The number of rotatable bonds is 1. The van der Waals surface area contributed by atoms with Gasteiger partial charge in [0, 0.05) is 5.69 Å². The molecule has 1 unspecified atom stereocenters. The first-order chi connectivity index (χ1) is 5.82. The molecule has 0 spiro atoms. The normalized spacial score (nSPS) is 14.6. The Morgan fingerprint density at radius 3 is 2.23 bits per heavy atom. The van der Waals surface area contributed by atoms with Gasteiger partial charge in [-0.1, -0.05) is 0 Å². The molecule has 74 valence electrons. The van der Waals surface area contributed by atoms with Crippen LogP contribution in [0.5, 0.6) is 0 Å². The molecule has 1 rings (SSSR count). The molecule has 3 heteroatoms. The molecule has 2 nitrogen and oxygen atoms in total. The summed E-state index contributed by atoms with van der Waals surface area (Å²) in [6.45, 7) is 9.62. The molecule has 13 heavy (non-hydrogen) atoms. The van der Waals surface area contributed by atoms with Crippen LogP contribution in [0.3, 0.4) is 0 Å². The molecular formula is C10H17FN2. The smallest absolute Gasteiger partial charge is 0.141 e. The maximum absolute atomic E-state index is 12.9. The Bertz CT molecular complexity index is 294. The fourth-order valence-electron chi connectivity index (χ4n) is 1.37. The van der Waals surface area contributed by atoms with E-state index in [1.54, 1.807) is 6.07 Å². The van der Waals surface area contributed by atoms with Gasteiger partial charge in [0.05, 0.1) is 11.2 Å². The highest BCUT2D eigenvalue weighted by Gasteiger charge is 2.18. The van der Waals surface area contributed by atoms with Gasteiger partial charge >= 0.3 is 0 Å². The number of nitrogens with zero attached hydrogens (tertiary/aromatic N) is 2. The molecule has 0 radical (unpaired) electrons. The van der Waals surface area contributed by atoms with Crippen molar-refractivity contribution < 1.29 is 4.39 Å². The first-order valence-electron chi connectivity index (χ1n) is 4.53. The lowest BCUT2D eigenvalue weighted by atomic mass is 10.1. The molecule has 0 N–H and O–H groups in total. The van der Waals surface area contributed by atoms with Crippen LogP contribution in [-0.4, -0.2) is 9.78 Å². The number of hydrogen-bond donors (Lipinski definition) is 0. The van der Waals surface area contributed by atoms with Crippen molar-refractivity contribution >= 4 is 0 Å². The summed E-state index contributed by atoms with van der Waals surface area (Å²) >= 11 is 0. The van der Waals surface area contributed by atoms with E-state index < -0.39 is 6.17 Å². The first kappa shape index (κ1) is 10.2. The van der Waals surface area contributed by atoms with Crippen molar-refractivity contribution in [1.82, 2.24) is 9.78 Å². The fraction of sp³-hybridized carbons (Fsp3) is 0.700. The molecule has 0 aliphatic heterocycles. The predicted molar refractivity (Wildman–Crippen MR) is 51.5 cm³/mol. The van der Waals surface area contributed by atoms with Crippen molar-refractivity contribution in [2.24, 2.45) is 0 Å². The maximum atomic E-state index is 12.9. The van der Waals surface area contributed by atoms with E-state index in [0.29, 0.717) is 5.69 Å². The molecule has 1 heterocycles. The summed E-state index contributed by atoms with van der Waals surface area (Å²) < 4.78 is 14.8. The SMILES string of the molecule is Cc1cc(C(C)F)nn1C(C)(C)C. The Morgan fingerprint density at radius 1 is 1.46 bits per heavy atom. The summed E-state index contributed by atoms with van der Waals surface area (Å²) in [5, 5.41) is 4.22. The van der Waals surface area contributed by atoms with E-state index in [0.717, 1.165) is 5.69 Å². The standard InChI is InChI=1S/C10H17FN2/c1-7-6-9(8(2)11)12-13(7)10(3,4)5/h6,8H,1-5H3. The molecule has 0 fully saturated rings. The van der Waals surface area contributed by atoms with E-state index in [1.807, 2.05) is 11.6 Å². The van der Waals surface area contributed by atoms with Gasteiger partial charge in [0.1, 0.15) is 6.17 Å². The van der Waals surface area contributed by atoms with Gasteiger partial charge in [-0.05, 0) is 40.7 Å². The second-order valence-corrected chi connectivity index (χ2v) is 4.41. The zero-order valence-electron chi connectivity index (χ0n) is 8.93. The average molecular weight is 184 g/mol. The van der Waals surface area contributed by atoms with Gasteiger partial charge in [0.15, 0.2) is 0 Å². The molecule has 0 saturated heterocycles. The summed E-state index contributed by atoms with van der Waals surface area (Å²) in [6, 6.07) is 1.80. The summed E-state index contributed by atoms with van der Waals surface area (Å²) in [6.07, 6.45) is -0.984. The lowest BCUT2D eigenvalue weighted by molar-refractivity contribution is 0.325. The highest BCUT2D eigenvalue weighted by molar-refractivity contribution is 5.12. The Labute approximate surface area is 78.8 Å². The predicted octanol–water partition coefficient (Wildman–Crippen LogP) is 2.98. The Kier molecular flexibility index (Phi) is 2.46. The van der Waals surface area contributed by atoms with Crippen molar-refractivity contribution in [3.63, 3.8) is 0 Å². The minimum atomic E-state index is -0.984. The Balaban J connectivity index is 3.11. The molecule has 0 aliphatic rings. The van der Waals surface area contributed by atoms with E-state index in [-0.39, 0.29) is 5.54 Å². The largest absolute Gasteiger partial charge is 0.264 e. The van der Waals surface area contributed by atoms with Crippen LogP contribution in [0.2, 0.25) is 0 Å². The van der Waals surface area contributed by atoms with Crippen LogP contribution in [0.1, 0.15) is 45.3 Å². The second kappa shape index (κ2) is 3.13. The minimum Gasteiger partial charge on any atom is -0.264 e. The zero-order chi connectivity index (χ0) is 10.2. The highest BCUT2D eigenvalue weighted by atomic mass is 19.1. The van der Waals surface area contributed by atoms with Gasteiger partial charge in [-0.25, -0.2) is 4.39 Å². The van der Waals surface area contributed by atoms with Gasteiger partial charge < -0.3 is 0 Å². The van der Waals surface area contributed by atoms with Crippen molar-refractivity contribution in [1.29, 1.82) is 0 Å². The van der Waals surface area contributed by atoms with E-state index in [1.165, 1.54) is 6.92 Å². The summed E-state index contributed by atoms with van der Waals surface area (Å²) in [5.41, 5.74) is 1.46. The fourth-order valence-corrected chi connectivity index (χ4v) is 1.37. The highest BCUT2D eigenvalue weighted by Crippen LogP contribution is 2.21. The zero-order valence-corrected chi connectivity index (χ0v) is 8.93. The third kappa shape index (κ3) is 2.08. The van der Waals surface area contributed by atoms with Crippen LogP contribution in [0.4, 0.5) is 4.39 Å². The van der Waals surface area contributed by atoms with Gasteiger partial charge in [0.25, 0.3) is 0 Å². The van der Waals surface area contributed by atoms with E-state index in [9.17, 15) is 4.39 Å². The minimum absolute atomic E-state index is 0.0722. The molecule has 0 amide bonds. The molecule has 0 bridgehead atoms. The Hall–Kier alpha value is -0.860.